The van der Waals surface area contributed by atoms with Gasteiger partial charge in [-0.1, -0.05) is 0 Å². The van der Waals surface area contributed by atoms with E-state index in [4.69, 9.17) is 10.5 Å². The number of aliphatic carboxylic acids is 1. The quantitative estimate of drug-likeness (QED) is 0.382. The maximum atomic E-state index is 11.6. The third kappa shape index (κ3) is 2.88. The van der Waals surface area contributed by atoms with E-state index in [9.17, 15) is 24.3 Å². The van der Waals surface area contributed by atoms with Crippen LogP contribution in [0.25, 0.3) is 0 Å². The van der Waals surface area contributed by atoms with Crippen LogP contribution in [0.5, 0.6) is 0 Å². The summed E-state index contributed by atoms with van der Waals surface area (Å²) in [7, 11) is 0. The van der Waals surface area contributed by atoms with Gasteiger partial charge in [0, 0.05) is 6.54 Å². The molecule has 2 unspecified atom stereocenters. The molecule has 2 saturated heterocycles. The molecule has 0 aromatic rings. The number of nitrogens with zero attached hydrogens (tertiary/aromatic N) is 1. The molecular weight excluding hydrogens is 300 g/mol. The van der Waals surface area contributed by atoms with Crippen LogP contribution >= 0.6 is 11.8 Å². The van der Waals surface area contributed by atoms with Crippen molar-refractivity contribution in [1.29, 1.82) is 0 Å². The van der Waals surface area contributed by atoms with Crippen LogP contribution in [-0.4, -0.2) is 57.5 Å². The van der Waals surface area contributed by atoms with Gasteiger partial charge in [-0.05, 0) is 6.92 Å². The lowest BCUT2D eigenvalue weighted by Crippen LogP contribution is -2.67. The number of hydrogen-bond acceptors (Lipinski definition) is 7. The van der Waals surface area contributed by atoms with Crippen LogP contribution in [0.4, 0.5) is 0 Å². The molecule has 2 rings (SSSR count). The number of carboxylic acids is 1. The van der Waals surface area contributed by atoms with Crippen LogP contribution in [-0.2, 0) is 23.9 Å². The number of carbonyl (C=O) groups is 4. The van der Waals surface area contributed by atoms with Crippen LogP contribution < -0.4 is 5.73 Å². The molecule has 0 aromatic carbocycles. The first kappa shape index (κ1) is 15.8. The van der Waals surface area contributed by atoms with Gasteiger partial charge in [0.1, 0.15) is 24.2 Å². The van der Waals surface area contributed by atoms with E-state index in [1.165, 1.54) is 23.6 Å². The molecule has 3 N–H and O–H groups in total. The van der Waals surface area contributed by atoms with E-state index < -0.39 is 35.8 Å². The number of nitrogens with two attached hydrogens (primary N) is 1. The summed E-state index contributed by atoms with van der Waals surface area (Å²) in [6, 6.07) is 0. The minimum atomic E-state index is -1.55. The predicted molar refractivity (Wildman–Crippen MR) is 72.0 cm³/mol. The molecule has 2 aliphatic heterocycles. The lowest BCUT2D eigenvalue weighted by molar-refractivity contribution is -0.165. The molecule has 8 nitrogen and oxygen atoms in total. The Morgan fingerprint density at radius 2 is 2.19 bits per heavy atom. The van der Waals surface area contributed by atoms with Crippen LogP contribution in [0.1, 0.15) is 19.8 Å². The van der Waals surface area contributed by atoms with E-state index in [0.717, 1.165) is 0 Å². The number of amides is 1. The smallest absolute Gasteiger partial charge is 0.317 e. The maximum absolute atomic E-state index is 11.6. The zero-order chi connectivity index (χ0) is 15.8. The Labute approximate surface area is 125 Å². The monoisotopic (exact) mass is 316 g/mol. The summed E-state index contributed by atoms with van der Waals surface area (Å²) in [5.74, 6) is -2.53. The van der Waals surface area contributed by atoms with Gasteiger partial charge < -0.3 is 20.5 Å². The molecule has 3 atom stereocenters. The Morgan fingerprint density at radius 3 is 2.71 bits per heavy atom. The van der Waals surface area contributed by atoms with E-state index in [1.807, 2.05) is 0 Å². The lowest BCUT2D eigenvalue weighted by Gasteiger charge is -2.52. The first-order chi connectivity index (χ1) is 9.76. The maximum Gasteiger partial charge on any atom is 0.317 e. The van der Waals surface area contributed by atoms with Gasteiger partial charge in [0.2, 0.25) is 5.91 Å². The van der Waals surface area contributed by atoms with Crippen molar-refractivity contribution in [2.24, 2.45) is 11.1 Å². The van der Waals surface area contributed by atoms with Crippen molar-refractivity contribution >= 4 is 35.4 Å². The average Bonchev–Trinajstić information content (AvgIpc) is 2.36. The van der Waals surface area contributed by atoms with Crippen molar-refractivity contribution in [3.8, 4) is 0 Å². The van der Waals surface area contributed by atoms with Gasteiger partial charge >= 0.3 is 11.9 Å². The Balaban J connectivity index is 2.09. The van der Waals surface area contributed by atoms with Crippen molar-refractivity contribution in [3.05, 3.63) is 0 Å². The zero-order valence-corrected chi connectivity index (χ0v) is 12.2. The normalized spacial score (nSPS) is 31.1. The van der Waals surface area contributed by atoms with Crippen molar-refractivity contribution < 1.29 is 29.0 Å². The highest BCUT2D eigenvalue weighted by molar-refractivity contribution is 8.00. The van der Waals surface area contributed by atoms with Gasteiger partial charge in [0.15, 0.2) is 0 Å². The summed E-state index contributed by atoms with van der Waals surface area (Å²) in [6.45, 7) is 0.687. The summed E-state index contributed by atoms with van der Waals surface area (Å²) in [6.07, 6.45) is -0.0679. The minimum Gasteiger partial charge on any atom is -0.481 e. The average molecular weight is 316 g/mol. The van der Waals surface area contributed by atoms with E-state index >= 15 is 0 Å². The fourth-order valence-corrected chi connectivity index (χ4v) is 3.69. The Morgan fingerprint density at radius 1 is 1.52 bits per heavy atom. The number of ketones is 1. The number of fused-ring (bicyclic) bond motifs is 1. The molecule has 2 aliphatic rings. The van der Waals surface area contributed by atoms with Gasteiger partial charge in [-0.15, -0.1) is 11.8 Å². The summed E-state index contributed by atoms with van der Waals surface area (Å²) in [5.41, 5.74) is 4.37. The number of esters is 1. The van der Waals surface area contributed by atoms with Gasteiger partial charge in [-0.3, -0.25) is 19.2 Å². The van der Waals surface area contributed by atoms with Gasteiger partial charge in [-0.2, -0.15) is 0 Å². The van der Waals surface area contributed by atoms with Crippen LogP contribution in [0, 0.1) is 5.41 Å². The van der Waals surface area contributed by atoms with Crippen molar-refractivity contribution in [2.45, 2.75) is 30.5 Å². The molecule has 2 heterocycles. The number of ether oxygens (including phenoxy) is 1. The highest BCUT2D eigenvalue weighted by Crippen LogP contribution is 2.45. The Kier molecular flexibility index (Phi) is 4.24. The number of carbonyl (C=O) groups excluding carboxylic acids is 3. The predicted octanol–water partition coefficient (Wildman–Crippen LogP) is -0.830. The van der Waals surface area contributed by atoms with Gasteiger partial charge in [0.05, 0.1) is 17.2 Å². The van der Waals surface area contributed by atoms with E-state index in [0.29, 0.717) is 6.42 Å². The first-order valence-corrected chi connectivity index (χ1v) is 7.29. The topological polar surface area (TPSA) is 127 Å². The van der Waals surface area contributed by atoms with E-state index in [-0.39, 0.29) is 23.6 Å². The second-order valence-corrected chi connectivity index (χ2v) is 6.56. The molecule has 0 spiro atoms. The fraction of sp³-hybridized carbons (Fsp3) is 0.667. The van der Waals surface area contributed by atoms with E-state index in [2.05, 4.69) is 0 Å². The Bertz CT molecular complexity index is 510. The fourth-order valence-electron chi connectivity index (χ4n) is 2.27. The summed E-state index contributed by atoms with van der Waals surface area (Å²) in [5, 5.41) is 8.58. The number of carboxylic acid groups (broad SMARTS) is 1. The highest BCUT2D eigenvalue weighted by Gasteiger charge is 2.57. The number of β-lactam (4-membered cyclic amide) rings is 1. The Hall–Kier alpha value is -1.61. The first-order valence-electron chi connectivity index (χ1n) is 6.35. The molecule has 1 amide bonds. The second-order valence-electron chi connectivity index (χ2n) is 5.24. The third-order valence-corrected chi connectivity index (χ3v) is 5.11. The van der Waals surface area contributed by atoms with E-state index in [1.54, 1.807) is 0 Å². The number of thioether (sulfide) groups is 1. The van der Waals surface area contributed by atoms with Crippen molar-refractivity contribution in [3.63, 3.8) is 0 Å². The molecule has 21 heavy (non-hydrogen) atoms. The minimum absolute atomic E-state index is 0.0899. The number of Topliss-reactive ketones (excluding diaryl/α,β-unsaturated/α-hetero) is 1. The highest BCUT2D eigenvalue weighted by atomic mass is 32.2. The molecule has 0 radical (unpaired) electrons. The zero-order valence-electron chi connectivity index (χ0n) is 11.4. The molecule has 116 valence electrons. The van der Waals surface area contributed by atoms with Crippen molar-refractivity contribution in [1.82, 2.24) is 4.90 Å². The molecule has 2 fully saturated rings. The van der Waals surface area contributed by atoms with Crippen LogP contribution in [0.15, 0.2) is 0 Å². The summed E-state index contributed by atoms with van der Waals surface area (Å²) < 4.78 is 4.90. The molecule has 9 heteroatoms. The molecular formula is C12H16N2O6S. The summed E-state index contributed by atoms with van der Waals surface area (Å²) >= 11 is 1.18. The standard InChI is InChI=1S/C12H16N2O6S/c1-6(15)2-9(17)20-5-12(11(18)19)4-14-7(16)3-8(14)21-10(12)13/h8,10H,2-5,13H2,1H3,(H,18,19)/t8-,10?,12?/m1/s1. The van der Waals surface area contributed by atoms with Crippen LogP contribution in [0.3, 0.4) is 0 Å². The van der Waals surface area contributed by atoms with Gasteiger partial charge in [-0.25, -0.2) is 0 Å². The van der Waals surface area contributed by atoms with Gasteiger partial charge in [0.25, 0.3) is 0 Å². The number of rotatable bonds is 5. The largest absolute Gasteiger partial charge is 0.481 e. The molecule has 0 saturated carbocycles. The summed E-state index contributed by atoms with van der Waals surface area (Å²) in [4.78, 5) is 46.8. The van der Waals surface area contributed by atoms with Crippen LogP contribution in [0.2, 0.25) is 0 Å². The second kappa shape index (κ2) is 5.64. The SMILES string of the molecule is CC(=O)CC(=O)OCC1(C(=O)O)CN2C(=O)C[C@H]2SC1N. The lowest BCUT2D eigenvalue weighted by atomic mass is 9.86. The third-order valence-electron chi connectivity index (χ3n) is 3.63. The molecule has 0 aromatic heterocycles. The van der Waals surface area contributed by atoms with Crippen molar-refractivity contribution in [2.75, 3.05) is 13.2 Å². The molecule has 0 aliphatic carbocycles. The number of hydrogen-bond donors (Lipinski definition) is 2. The molecule has 0 bridgehead atoms.